The van der Waals surface area contributed by atoms with Crippen LogP contribution in [0.15, 0.2) is 52.8 Å². The average Bonchev–Trinajstić information content (AvgIpc) is 2.97. The van der Waals surface area contributed by atoms with Gasteiger partial charge in [0, 0.05) is 35.5 Å². The number of allylic oxidation sites excluding steroid dienone is 3. The van der Waals surface area contributed by atoms with Gasteiger partial charge in [0.05, 0.1) is 0 Å². The molecule has 3 heterocycles. The number of carbonyl (C=O) groups excluding carboxylic acids is 2. The van der Waals surface area contributed by atoms with Gasteiger partial charge >= 0.3 is 0 Å². The second-order valence-corrected chi connectivity index (χ2v) is 9.05. The zero-order chi connectivity index (χ0) is 22.3. The molecule has 0 N–H and O–H groups in total. The van der Waals surface area contributed by atoms with Crippen LogP contribution in [0.25, 0.3) is 0 Å². The third kappa shape index (κ3) is 3.22. The highest BCUT2D eigenvalue weighted by Gasteiger charge is 2.42. The SMILES string of the molecule is CCCCN1C(=O)C(C#N)=C(C)/C(=C\C=C2/N3CCCc4cccc(c43)C2(C)C)C1=O. The fourth-order valence-electron chi connectivity index (χ4n) is 5.01. The summed E-state index contributed by atoms with van der Waals surface area (Å²) in [5.74, 6) is -0.781. The quantitative estimate of drug-likeness (QED) is 0.535. The lowest BCUT2D eigenvalue weighted by Crippen LogP contribution is -2.43. The number of nitriles is 1. The number of amides is 2. The van der Waals surface area contributed by atoms with Gasteiger partial charge in [0.15, 0.2) is 0 Å². The molecule has 0 aromatic heterocycles. The first-order valence-corrected chi connectivity index (χ1v) is 11.1. The van der Waals surface area contributed by atoms with Gasteiger partial charge in [0.25, 0.3) is 11.8 Å². The molecule has 1 aromatic rings. The molecule has 3 aliphatic rings. The first-order chi connectivity index (χ1) is 14.8. The molecule has 5 heteroatoms. The number of imide groups is 1. The molecule has 0 unspecified atom stereocenters. The molecule has 160 valence electrons. The van der Waals surface area contributed by atoms with Gasteiger partial charge in [0.2, 0.25) is 0 Å². The van der Waals surface area contributed by atoms with Gasteiger partial charge in [-0.05, 0) is 55.0 Å². The average molecular weight is 416 g/mol. The number of nitrogens with zero attached hydrogens (tertiary/aromatic N) is 3. The van der Waals surface area contributed by atoms with Gasteiger partial charge in [-0.3, -0.25) is 14.5 Å². The van der Waals surface area contributed by atoms with Gasteiger partial charge in [-0.25, -0.2) is 0 Å². The van der Waals surface area contributed by atoms with E-state index in [1.807, 2.05) is 25.1 Å². The molecular formula is C26H29N3O2. The van der Waals surface area contributed by atoms with Gasteiger partial charge < -0.3 is 4.90 Å². The van der Waals surface area contributed by atoms with E-state index in [4.69, 9.17) is 0 Å². The number of para-hydroxylation sites is 1. The number of unbranched alkanes of at least 4 members (excludes halogenated alkanes) is 1. The van der Waals surface area contributed by atoms with Crippen LogP contribution in [0.4, 0.5) is 5.69 Å². The number of aryl methyl sites for hydroxylation is 1. The number of carbonyl (C=O) groups is 2. The van der Waals surface area contributed by atoms with Crippen molar-refractivity contribution in [3.8, 4) is 6.07 Å². The zero-order valence-electron chi connectivity index (χ0n) is 18.8. The molecule has 3 aliphatic heterocycles. The van der Waals surface area contributed by atoms with Gasteiger partial charge in [-0.2, -0.15) is 5.26 Å². The molecule has 0 atom stereocenters. The van der Waals surface area contributed by atoms with Crippen LogP contribution >= 0.6 is 0 Å². The Kier molecular flexibility index (Phi) is 5.35. The number of rotatable bonds is 4. The Morgan fingerprint density at radius 1 is 1.19 bits per heavy atom. The van der Waals surface area contributed by atoms with E-state index in [-0.39, 0.29) is 16.9 Å². The molecule has 0 saturated heterocycles. The summed E-state index contributed by atoms with van der Waals surface area (Å²) in [5, 5.41) is 9.56. The summed E-state index contributed by atoms with van der Waals surface area (Å²) >= 11 is 0. The number of hydrogen-bond acceptors (Lipinski definition) is 4. The highest BCUT2D eigenvalue weighted by Crippen LogP contribution is 2.51. The second kappa shape index (κ2) is 7.85. The summed E-state index contributed by atoms with van der Waals surface area (Å²) in [4.78, 5) is 29.4. The normalized spacial score (nSPS) is 22.4. The van der Waals surface area contributed by atoms with Crippen molar-refractivity contribution in [2.45, 2.75) is 58.8 Å². The molecule has 2 amide bonds. The number of hydrogen-bond donors (Lipinski definition) is 0. The minimum Gasteiger partial charge on any atom is -0.344 e. The van der Waals surface area contributed by atoms with Crippen molar-refractivity contribution in [1.29, 1.82) is 5.26 Å². The zero-order valence-corrected chi connectivity index (χ0v) is 18.8. The molecule has 0 spiro atoms. The molecule has 5 nitrogen and oxygen atoms in total. The Morgan fingerprint density at radius 3 is 2.68 bits per heavy atom. The Bertz CT molecular complexity index is 1100. The van der Waals surface area contributed by atoms with Crippen molar-refractivity contribution in [3.63, 3.8) is 0 Å². The summed E-state index contributed by atoms with van der Waals surface area (Å²) in [6.45, 7) is 9.44. The van der Waals surface area contributed by atoms with Gasteiger partial charge in [-0.1, -0.05) is 45.4 Å². The third-order valence-electron chi connectivity index (χ3n) is 6.79. The maximum absolute atomic E-state index is 13.2. The van der Waals surface area contributed by atoms with E-state index >= 15 is 0 Å². The molecule has 0 bridgehead atoms. The second-order valence-electron chi connectivity index (χ2n) is 9.05. The van der Waals surface area contributed by atoms with E-state index in [0.29, 0.717) is 17.7 Å². The van der Waals surface area contributed by atoms with Crippen LogP contribution in [0.3, 0.4) is 0 Å². The van der Waals surface area contributed by atoms with E-state index < -0.39 is 5.91 Å². The number of anilines is 1. The maximum atomic E-state index is 13.2. The molecule has 1 aromatic carbocycles. The van der Waals surface area contributed by atoms with Crippen LogP contribution in [0.2, 0.25) is 0 Å². The smallest absolute Gasteiger partial charge is 0.271 e. The Hall–Kier alpha value is -3.13. The molecule has 4 rings (SSSR count). The van der Waals surface area contributed by atoms with Gasteiger partial charge in [-0.15, -0.1) is 0 Å². The maximum Gasteiger partial charge on any atom is 0.271 e. The Labute approximate surface area is 184 Å². The highest BCUT2D eigenvalue weighted by molar-refractivity contribution is 6.18. The molecule has 0 saturated carbocycles. The van der Waals surface area contributed by atoms with E-state index in [2.05, 4.69) is 36.9 Å². The highest BCUT2D eigenvalue weighted by atomic mass is 16.2. The topological polar surface area (TPSA) is 64.4 Å². The van der Waals surface area contributed by atoms with Crippen LogP contribution in [-0.4, -0.2) is 29.8 Å². The molecule has 0 aliphatic carbocycles. The minimum atomic E-state index is -0.475. The van der Waals surface area contributed by atoms with Crippen LogP contribution in [-0.2, 0) is 21.4 Å². The van der Waals surface area contributed by atoms with Crippen molar-refractivity contribution in [2.24, 2.45) is 0 Å². The van der Waals surface area contributed by atoms with Crippen molar-refractivity contribution in [2.75, 3.05) is 18.0 Å². The van der Waals surface area contributed by atoms with Crippen LogP contribution in [0.1, 0.15) is 58.1 Å². The predicted molar refractivity (Wildman–Crippen MR) is 121 cm³/mol. The third-order valence-corrected chi connectivity index (χ3v) is 6.79. The summed E-state index contributed by atoms with van der Waals surface area (Å²) in [5.41, 5.74) is 5.93. The summed E-state index contributed by atoms with van der Waals surface area (Å²) in [6.07, 6.45) is 7.61. The lowest BCUT2D eigenvalue weighted by Gasteiger charge is -2.30. The van der Waals surface area contributed by atoms with Crippen LogP contribution in [0.5, 0.6) is 0 Å². The molecule has 31 heavy (non-hydrogen) atoms. The predicted octanol–water partition coefficient (Wildman–Crippen LogP) is 4.55. The lowest BCUT2D eigenvalue weighted by atomic mass is 9.83. The molecule has 0 fully saturated rings. The molecule has 0 radical (unpaired) electrons. The molecular weight excluding hydrogens is 386 g/mol. The standard InChI is InChI=1S/C26H29N3O2/c1-5-6-14-29-24(30)19(17(2)20(16-27)25(29)31)12-13-22-26(3,4)21-11-7-9-18-10-8-15-28(22)23(18)21/h7,9,11-13H,5-6,8,10,14-15H2,1-4H3/b19-12+,22-13-. The van der Waals surface area contributed by atoms with Crippen molar-refractivity contribution >= 4 is 17.5 Å². The van der Waals surface area contributed by atoms with E-state index in [1.165, 1.54) is 21.7 Å². The van der Waals surface area contributed by atoms with E-state index in [0.717, 1.165) is 37.9 Å². The van der Waals surface area contributed by atoms with E-state index in [9.17, 15) is 14.9 Å². The fourth-order valence-corrected chi connectivity index (χ4v) is 5.01. The largest absolute Gasteiger partial charge is 0.344 e. The summed E-state index contributed by atoms with van der Waals surface area (Å²) in [6, 6.07) is 8.55. The lowest BCUT2D eigenvalue weighted by molar-refractivity contribution is -0.140. The first kappa shape index (κ1) is 21.1. The Balaban J connectivity index is 1.80. The Morgan fingerprint density at radius 2 is 1.97 bits per heavy atom. The minimum absolute atomic E-state index is 0.0644. The van der Waals surface area contributed by atoms with Crippen molar-refractivity contribution in [3.05, 3.63) is 63.9 Å². The summed E-state index contributed by atoms with van der Waals surface area (Å²) < 4.78 is 0. The fraction of sp³-hybridized carbons (Fsp3) is 0.423. The van der Waals surface area contributed by atoms with Crippen LogP contribution in [0, 0.1) is 11.3 Å². The van der Waals surface area contributed by atoms with E-state index in [1.54, 1.807) is 6.92 Å². The van der Waals surface area contributed by atoms with Crippen molar-refractivity contribution in [1.82, 2.24) is 4.90 Å². The van der Waals surface area contributed by atoms with Crippen molar-refractivity contribution < 1.29 is 9.59 Å². The number of benzene rings is 1. The van der Waals surface area contributed by atoms with Crippen LogP contribution < -0.4 is 4.90 Å². The summed E-state index contributed by atoms with van der Waals surface area (Å²) in [7, 11) is 0. The van der Waals surface area contributed by atoms with Gasteiger partial charge in [0.1, 0.15) is 11.6 Å². The first-order valence-electron chi connectivity index (χ1n) is 11.1. The monoisotopic (exact) mass is 415 g/mol.